The summed E-state index contributed by atoms with van der Waals surface area (Å²) in [6.45, 7) is 1.75. The lowest BCUT2D eigenvalue weighted by atomic mass is 9.97. The van der Waals surface area contributed by atoms with Gasteiger partial charge in [-0.3, -0.25) is 9.59 Å². The van der Waals surface area contributed by atoms with Crippen molar-refractivity contribution in [1.29, 1.82) is 0 Å². The molecule has 0 bridgehead atoms. The predicted octanol–water partition coefficient (Wildman–Crippen LogP) is 1.19. The molecule has 0 aromatic heterocycles. The molecule has 2 amide bonds. The summed E-state index contributed by atoms with van der Waals surface area (Å²) < 4.78 is 27.7. The minimum Gasteiger partial charge on any atom is -0.344 e. The topological polar surface area (TPSA) is 61.4 Å². The summed E-state index contributed by atoms with van der Waals surface area (Å²) in [4.78, 5) is 25.7. The lowest BCUT2D eigenvalue weighted by Gasteiger charge is -2.23. The molecule has 2 fully saturated rings. The maximum atomic E-state index is 13.8. The smallest absolute Gasteiger partial charge is 0.249 e. The first-order valence-corrected chi connectivity index (χ1v) is 7.84. The van der Waals surface area contributed by atoms with Crippen LogP contribution in [0.1, 0.15) is 19.3 Å². The van der Waals surface area contributed by atoms with Gasteiger partial charge in [-0.05, 0) is 44.5 Å². The van der Waals surface area contributed by atoms with Crippen LogP contribution in [0.5, 0.6) is 0 Å². The average molecular weight is 323 g/mol. The van der Waals surface area contributed by atoms with E-state index in [1.54, 1.807) is 0 Å². The zero-order valence-corrected chi connectivity index (χ0v) is 12.6. The Bertz CT molecular complexity index is 597. The Morgan fingerprint density at radius 1 is 1.17 bits per heavy atom. The van der Waals surface area contributed by atoms with E-state index in [0.29, 0.717) is 6.42 Å². The number of hydrogen-bond acceptors (Lipinski definition) is 3. The summed E-state index contributed by atoms with van der Waals surface area (Å²) in [6.07, 6.45) is 1.82. The van der Waals surface area contributed by atoms with Gasteiger partial charge in [0, 0.05) is 12.5 Å². The number of piperidine rings is 1. The molecule has 5 nitrogen and oxygen atoms in total. The van der Waals surface area contributed by atoms with Crippen molar-refractivity contribution in [2.24, 2.45) is 5.92 Å². The molecule has 1 unspecified atom stereocenters. The predicted molar refractivity (Wildman–Crippen MR) is 80.9 cm³/mol. The van der Waals surface area contributed by atoms with E-state index in [0.717, 1.165) is 43.0 Å². The molecule has 3 rings (SSSR count). The van der Waals surface area contributed by atoms with Crippen molar-refractivity contribution in [2.75, 3.05) is 24.5 Å². The Morgan fingerprint density at radius 3 is 2.48 bits per heavy atom. The van der Waals surface area contributed by atoms with Gasteiger partial charge in [0.2, 0.25) is 11.8 Å². The molecule has 0 spiro atoms. The van der Waals surface area contributed by atoms with E-state index in [1.807, 2.05) is 0 Å². The maximum Gasteiger partial charge on any atom is 0.249 e. The van der Waals surface area contributed by atoms with Crippen molar-refractivity contribution in [3.05, 3.63) is 29.8 Å². The van der Waals surface area contributed by atoms with Gasteiger partial charge < -0.3 is 15.5 Å². The summed E-state index contributed by atoms with van der Waals surface area (Å²) in [5, 5.41) is 5.91. The molecule has 2 N–H and O–H groups in total. The molecule has 1 atom stereocenters. The summed E-state index contributed by atoms with van der Waals surface area (Å²) in [5.74, 6) is -2.27. The van der Waals surface area contributed by atoms with Crippen LogP contribution in [0.25, 0.3) is 0 Å². The highest BCUT2D eigenvalue weighted by Gasteiger charge is 2.37. The van der Waals surface area contributed by atoms with Crippen LogP contribution in [-0.2, 0) is 9.59 Å². The van der Waals surface area contributed by atoms with Crippen LogP contribution in [0.15, 0.2) is 18.2 Å². The van der Waals surface area contributed by atoms with Crippen molar-refractivity contribution >= 4 is 17.5 Å². The number of anilines is 1. The van der Waals surface area contributed by atoms with Gasteiger partial charge in [0.1, 0.15) is 23.4 Å². The number of halogens is 2. The Hall–Kier alpha value is -2.02. The van der Waals surface area contributed by atoms with E-state index in [1.165, 1.54) is 6.07 Å². The normalized spacial score (nSPS) is 22.4. The highest BCUT2D eigenvalue weighted by Crippen LogP contribution is 2.27. The Morgan fingerprint density at radius 2 is 1.83 bits per heavy atom. The quantitative estimate of drug-likeness (QED) is 0.878. The van der Waals surface area contributed by atoms with Crippen molar-refractivity contribution in [3.8, 4) is 0 Å². The molecular weight excluding hydrogens is 304 g/mol. The molecule has 0 aliphatic carbocycles. The monoisotopic (exact) mass is 323 g/mol. The first kappa shape index (κ1) is 15.9. The van der Waals surface area contributed by atoms with E-state index in [9.17, 15) is 18.4 Å². The van der Waals surface area contributed by atoms with Gasteiger partial charge in [-0.1, -0.05) is 6.07 Å². The van der Waals surface area contributed by atoms with Crippen molar-refractivity contribution in [2.45, 2.75) is 25.3 Å². The fraction of sp³-hybridized carbons (Fsp3) is 0.500. The van der Waals surface area contributed by atoms with E-state index in [2.05, 4.69) is 10.6 Å². The lowest BCUT2D eigenvalue weighted by molar-refractivity contribution is -0.129. The molecule has 2 heterocycles. The highest BCUT2D eigenvalue weighted by atomic mass is 19.1. The number of carbonyl (C=O) groups excluding carboxylic acids is 2. The van der Waals surface area contributed by atoms with Crippen LogP contribution in [0, 0.1) is 17.6 Å². The van der Waals surface area contributed by atoms with Gasteiger partial charge in [-0.2, -0.15) is 0 Å². The van der Waals surface area contributed by atoms with E-state index in [-0.39, 0.29) is 24.1 Å². The number of rotatable bonds is 3. The molecule has 1 aromatic carbocycles. The number of benzene rings is 1. The van der Waals surface area contributed by atoms with E-state index >= 15 is 0 Å². The molecule has 1 aromatic rings. The Balaban J connectivity index is 1.68. The van der Waals surface area contributed by atoms with E-state index < -0.39 is 23.6 Å². The van der Waals surface area contributed by atoms with Crippen LogP contribution in [-0.4, -0.2) is 37.5 Å². The summed E-state index contributed by atoms with van der Waals surface area (Å²) in [7, 11) is 0. The molecular formula is C16H19F2N3O2. The van der Waals surface area contributed by atoms with Gasteiger partial charge in [0.25, 0.3) is 0 Å². The van der Waals surface area contributed by atoms with Crippen LogP contribution < -0.4 is 15.5 Å². The second kappa shape index (κ2) is 6.62. The summed E-state index contributed by atoms with van der Waals surface area (Å²) in [6, 6.07) is 2.78. The van der Waals surface area contributed by atoms with Gasteiger partial charge in [-0.15, -0.1) is 0 Å². The lowest BCUT2D eigenvalue weighted by Crippen LogP contribution is -2.46. The fourth-order valence-corrected chi connectivity index (χ4v) is 3.16. The second-order valence-corrected chi connectivity index (χ2v) is 5.93. The summed E-state index contributed by atoms with van der Waals surface area (Å²) >= 11 is 0. The highest BCUT2D eigenvalue weighted by molar-refractivity contribution is 6.01. The minimum absolute atomic E-state index is 0.108. The van der Waals surface area contributed by atoms with E-state index in [4.69, 9.17) is 0 Å². The van der Waals surface area contributed by atoms with Gasteiger partial charge in [0.15, 0.2) is 0 Å². The second-order valence-electron chi connectivity index (χ2n) is 5.93. The molecule has 2 aliphatic rings. The Labute approximate surface area is 133 Å². The first-order valence-electron chi connectivity index (χ1n) is 7.84. The third-order valence-electron chi connectivity index (χ3n) is 4.44. The van der Waals surface area contributed by atoms with Gasteiger partial charge >= 0.3 is 0 Å². The molecule has 2 saturated heterocycles. The third-order valence-corrected chi connectivity index (χ3v) is 4.44. The fourth-order valence-electron chi connectivity index (χ4n) is 3.16. The summed E-state index contributed by atoms with van der Waals surface area (Å²) in [5.41, 5.74) is -0.337. The van der Waals surface area contributed by atoms with Gasteiger partial charge in [0.05, 0.1) is 0 Å². The number of nitrogens with zero attached hydrogens (tertiary/aromatic N) is 1. The largest absolute Gasteiger partial charge is 0.344 e. The zero-order valence-electron chi connectivity index (χ0n) is 12.6. The zero-order chi connectivity index (χ0) is 16.4. The van der Waals surface area contributed by atoms with Crippen molar-refractivity contribution in [1.82, 2.24) is 10.6 Å². The number of para-hydroxylation sites is 1. The third kappa shape index (κ3) is 3.19. The van der Waals surface area contributed by atoms with Crippen molar-refractivity contribution < 1.29 is 18.4 Å². The van der Waals surface area contributed by atoms with Crippen LogP contribution in [0.4, 0.5) is 14.5 Å². The molecule has 2 aliphatic heterocycles. The molecule has 23 heavy (non-hydrogen) atoms. The van der Waals surface area contributed by atoms with Crippen LogP contribution in [0.3, 0.4) is 0 Å². The van der Waals surface area contributed by atoms with Crippen LogP contribution >= 0.6 is 0 Å². The number of carbonyl (C=O) groups is 2. The number of nitrogens with one attached hydrogen (secondary N) is 2. The molecule has 124 valence electrons. The van der Waals surface area contributed by atoms with Gasteiger partial charge in [-0.25, -0.2) is 8.78 Å². The van der Waals surface area contributed by atoms with Crippen LogP contribution in [0.2, 0.25) is 0 Å². The number of hydrogen-bond donors (Lipinski definition) is 2. The molecule has 0 radical (unpaired) electrons. The first-order chi connectivity index (χ1) is 11.1. The SMILES string of the molecule is O=C(NC1CCN(c2c(F)cccc2F)C1=O)C1CCNCC1. The standard InChI is InChI=1S/C16H19F2N3O2/c17-11-2-1-3-12(18)14(11)21-9-6-13(16(21)23)20-15(22)10-4-7-19-8-5-10/h1-3,10,13,19H,4-9H2,(H,20,22). The van der Waals surface area contributed by atoms with Crippen molar-refractivity contribution in [3.63, 3.8) is 0 Å². The maximum absolute atomic E-state index is 13.8. The minimum atomic E-state index is -0.774. The molecule has 7 heteroatoms. The Kier molecular flexibility index (Phi) is 4.56. The molecule has 0 saturated carbocycles. The number of amides is 2. The average Bonchev–Trinajstić information content (AvgIpc) is 2.89.